The molecule has 2 rings (SSSR count). The van der Waals surface area contributed by atoms with E-state index in [4.69, 9.17) is 4.42 Å². The Morgan fingerprint density at radius 2 is 2.41 bits per heavy atom. The van der Waals surface area contributed by atoms with Crippen molar-refractivity contribution in [3.63, 3.8) is 0 Å². The first-order valence-electron chi connectivity index (χ1n) is 5.58. The van der Waals surface area contributed by atoms with Gasteiger partial charge in [-0.25, -0.2) is 4.79 Å². The van der Waals surface area contributed by atoms with Crippen LogP contribution in [0.5, 0.6) is 0 Å². The van der Waals surface area contributed by atoms with E-state index in [0.717, 1.165) is 18.1 Å². The molecule has 1 aliphatic heterocycles. The van der Waals surface area contributed by atoms with Crippen LogP contribution in [0.25, 0.3) is 0 Å². The number of urea groups is 1. The van der Waals surface area contributed by atoms with Gasteiger partial charge >= 0.3 is 6.03 Å². The van der Waals surface area contributed by atoms with E-state index in [1.165, 1.54) is 11.5 Å². The second-order valence-electron chi connectivity index (χ2n) is 3.71. The highest BCUT2D eigenvalue weighted by Crippen LogP contribution is 2.23. The second kappa shape index (κ2) is 6.86. The summed E-state index contributed by atoms with van der Waals surface area (Å²) in [4.78, 5) is 11.5. The van der Waals surface area contributed by atoms with Gasteiger partial charge in [0, 0.05) is 29.1 Å². The third-order valence-electron chi connectivity index (χ3n) is 2.38. The highest BCUT2D eigenvalue weighted by atomic mass is 32.2. The van der Waals surface area contributed by atoms with Gasteiger partial charge in [-0.15, -0.1) is 0 Å². The Bertz CT molecular complexity index is 337. The Labute approximate surface area is 109 Å². The number of amides is 2. The molecule has 2 N–H and O–H groups in total. The van der Waals surface area contributed by atoms with Crippen LogP contribution in [0.15, 0.2) is 22.8 Å². The molecule has 0 bridgehead atoms. The molecular formula is C11H16N2O2S2. The number of furan rings is 1. The highest BCUT2D eigenvalue weighted by molar-refractivity contribution is 8.06. The lowest BCUT2D eigenvalue weighted by molar-refractivity contribution is 0.239. The zero-order valence-corrected chi connectivity index (χ0v) is 11.1. The first-order chi connectivity index (χ1) is 8.34. The van der Waals surface area contributed by atoms with E-state index >= 15 is 0 Å². The summed E-state index contributed by atoms with van der Waals surface area (Å²) in [6.07, 6.45) is 1.60. The van der Waals surface area contributed by atoms with Gasteiger partial charge in [-0.2, -0.15) is 23.5 Å². The smallest absolute Gasteiger partial charge is 0.315 e. The SMILES string of the molecule is O=C(NCc1ccco1)NCC1CSCCS1. The van der Waals surface area contributed by atoms with Gasteiger partial charge in [0.1, 0.15) is 5.76 Å². The number of hydrogen-bond acceptors (Lipinski definition) is 4. The van der Waals surface area contributed by atoms with Crippen LogP contribution >= 0.6 is 23.5 Å². The van der Waals surface area contributed by atoms with Gasteiger partial charge < -0.3 is 15.1 Å². The lowest BCUT2D eigenvalue weighted by atomic mass is 10.4. The van der Waals surface area contributed by atoms with Crippen LogP contribution in [0.1, 0.15) is 5.76 Å². The number of thioether (sulfide) groups is 2. The van der Waals surface area contributed by atoms with Crippen molar-refractivity contribution in [3.8, 4) is 0 Å². The number of carbonyl (C=O) groups excluding carboxylic acids is 1. The Morgan fingerprint density at radius 3 is 3.12 bits per heavy atom. The van der Waals surface area contributed by atoms with Crippen LogP contribution in [-0.4, -0.2) is 35.1 Å². The lowest BCUT2D eigenvalue weighted by Crippen LogP contribution is -2.39. The maximum atomic E-state index is 11.5. The molecule has 94 valence electrons. The molecule has 1 saturated heterocycles. The van der Waals surface area contributed by atoms with E-state index in [-0.39, 0.29) is 6.03 Å². The average Bonchev–Trinajstić information content (AvgIpc) is 2.88. The van der Waals surface area contributed by atoms with Crippen LogP contribution < -0.4 is 10.6 Å². The number of nitrogens with one attached hydrogen (secondary N) is 2. The Hall–Kier alpha value is -0.750. The van der Waals surface area contributed by atoms with Crippen LogP contribution in [0.4, 0.5) is 4.79 Å². The predicted molar refractivity (Wildman–Crippen MR) is 72.5 cm³/mol. The predicted octanol–water partition coefficient (Wildman–Crippen LogP) is 1.93. The zero-order valence-electron chi connectivity index (χ0n) is 9.48. The first kappa shape index (κ1) is 12.7. The summed E-state index contributed by atoms with van der Waals surface area (Å²) in [6.45, 7) is 1.17. The molecule has 0 radical (unpaired) electrons. The largest absolute Gasteiger partial charge is 0.467 e. The van der Waals surface area contributed by atoms with E-state index < -0.39 is 0 Å². The highest BCUT2D eigenvalue weighted by Gasteiger charge is 2.14. The molecule has 6 heteroatoms. The molecule has 1 fully saturated rings. The zero-order chi connectivity index (χ0) is 11.9. The van der Waals surface area contributed by atoms with Gasteiger partial charge in [-0.05, 0) is 12.1 Å². The van der Waals surface area contributed by atoms with Crippen molar-refractivity contribution in [1.82, 2.24) is 10.6 Å². The minimum Gasteiger partial charge on any atom is -0.467 e. The molecule has 2 heterocycles. The molecule has 1 aromatic rings. The summed E-state index contributed by atoms with van der Waals surface area (Å²) in [5.74, 6) is 4.31. The van der Waals surface area contributed by atoms with Gasteiger partial charge in [0.15, 0.2) is 0 Å². The van der Waals surface area contributed by atoms with Crippen LogP contribution in [0.3, 0.4) is 0 Å². The maximum Gasteiger partial charge on any atom is 0.315 e. The van der Waals surface area contributed by atoms with Gasteiger partial charge in [-0.3, -0.25) is 0 Å². The van der Waals surface area contributed by atoms with E-state index in [2.05, 4.69) is 10.6 Å². The number of hydrogen-bond donors (Lipinski definition) is 2. The van der Waals surface area contributed by atoms with Crippen molar-refractivity contribution in [2.75, 3.05) is 23.8 Å². The molecule has 4 nitrogen and oxygen atoms in total. The molecule has 0 spiro atoms. The normalized spacial score (nSPS) is 19.9. The van der Waals surface area contributed by atoms with Gasteiger partial charge in [-0.1, -0.05) is 0 Å². The summed E-state index contributed by atoms with van der Waals surface area (Å²) in [5, 5.41) is 6.20. The van der Waals surface area contributed by atoms with Crippen molar-refractivity contribution in [2.45, 2.75) is 11.8 Å². The van der Waals surface area contributed by atoms with Gasteiger partial charge in [0.2, 0.25) is 0 Å². The summed E-state index contributed by atoms with van der Waals surface area (Å²) < 4.78 is 5.13. The summed E-state index contributed by atoms with van der Waals surface area (Å²) in [7, 11) is 0. The Kier molecular flexibility index (Phi) is 5.12. The summed E-state index contributed by atoms with van der Waals surface area (Å²) >= 11 is 3.90. The van der Waals surface area contributed by atoms with Crippen LogP contribution in [0.2, 0.25) is 0 Å². The third kappa shape index (κ3) is 4.55. The fraction of sp³-hybridized carbons (Fsp3) is 0.545. The van der Waals surface area contributed by atoms with E-state index in [1.54, 1.807) is 6.26 Å². The van der Waals surface area contributed by atoms with E-state index in [0.29, 0.717) is 11.8 Å². The minimum absolute atomic E-state index is 0.127. The molecule has 1 aliphatic rings. The summed E-state index contributed by atoms with van der Waals surface area (Å²) in [5.41, 5.74) is 0. The van der Waals surface area contributed by atoms with E-state index in [1.807, 2.05) is 35.7 Å². The molecule has 2 amide bonds. The Balaban J connectivity index is 1.60. The molecule has 0 aromatic carbocycles. The van der Waals surface area contributed by atoms with Gasteiger partial charge in [0.25, 0.3) is 0 Å². The second-order valence-corrected chi connectivity index (χ2v) is 6.27. The van der Waals surface area contributed by atoms with Gasteiger partial charge in [0.05, 0.1) is 12.8 Å². The van der Waals surface area contributed by atoms with Crippen molar-refractivity contribution < 1.29 is 9.21 Å². The number of carbonyl (C=O) groups is 1. The molecule has 0 aliphatic carbocycles. The molecular weight excluding hydrogens is 256 g/mol. The maximum absolute atomic E-state index is 11.5. The topological polar surface area (TPSA) is 54.3 Å². The Morgan fingerprint density at radius 1 is 1.47 bits per heavy atom. The molecule has 0 saturated carbocycles. The number of rotatable bonds is 4. The molecule has 1 unspecified atom stereocenters. The average molecular weight is 272 g/mol. The van der Waals surface area contributed by atoms with Crippen molar-refractivity contribution in [2.24, 2.45) is 0 Å². The molecule has 17 heavy (non-hydrogen) atoms. The minimum atomic E-state index is -0.127. The third-order valence-corrected chi connectivity index (χ3v) is 5.22. The van der Waals surface area contributed by atoms with Crippen LogP contribution in [0, 0.1) is 0 Å². The monoisotopic (exact) mass is 272 g/mol. The van der Waals surface area contributed by atoms with Crippen LogP contribution in [-0.2, 0) is 6.54 Å². The van der Waals surface area contributed by atoms with Crippen molar-refractivity contribution in [1.29, 1.82) is 0 Å². The molecule has 1 atom stereocenters. The lowest BCUT2D eigenvalue weighted by Gasteiger charge is -2.21. The van der Waals surface area contributed by atoms with E-state index in [9.17, 15) is 4.79 Å². The van der Waals surface area contributed by atoms with Crippen molar-refractivity contribution in [3.05, 3.63) is 24.2 Å². The molecule has 1 aromatic heterocycles. The first-order valence-corrected chi connectivity index (χ1v) is 7.78. The van der Waals surface area contributed by atoms with Crippen molar-refractivity contribution >= 4 is 29.6 Å². The fourth-order valence-electron chi connectivity index (χ4n) is 1.50. The standard InChI is InChI=1S/C11H16N2O2S2/c14-11(12-6-9-2-1-3-15-9)13-7-10-8-16-4-5-17-10/h1-3,10H,4-8H2,(H2,12,13,14). The quantitative estimate of drug-likeness (QED) is 0.879. The fourth-order valence-corrected chi connectivity index (χ4v) is 4.12. The summed E-state index contributed by atoms with van der Waals surface area (Å²) in [6, 6.07) is 3.52.